The summed E-state index contributed by atoms with van der Waals surface area (Å²) in [6.07, 6.45) is 0. The van der Waals surface area contributed by atoms with E-state index < -0.39 is 0 Å². The summed E-state index contributed by atoms with van der Waals surface area (Å²) in [5.74, 6) is -0.0787. The van der Waals surface area contributed by atoms with Crippen LogP contribution in [0.15, 0.2) is 40.9 Å². The molecule has 0 saturated carbocycles. The number of anilines is 3. The van der Waals surface area contributed by atoms with Gasteiger partial charge in [0.15, 0.2) is 5.78 Å². The van der Waals surface area contributed by atoms with E-state index in [1.54, 1.807) is 36.4 Å². The van der Waals surface area contributed by atoms with Gasteiger partial charge in [-0.15, -0.1) is 0 Å². The van der Waals surface area contributed by atoms with Gasteiger partial charge in [0.2, 0.25) is 0 Å². The highest BCUT2D eigenvalue weighted by Gasteiger charge is 2.07. The SMILES string of the molecule is CC(=O)c1cc(Nc2ccc(C#N)cc2Br)ccc1N. The molecule has 2 aromatic carbocycles. The van der Waals surface area contributed by atoms with Gasteiger partial charge >= 0.3 is 0 Å². The molecular formula is C15H12BrN3O. The Morgan fingerprint density at radius 3 is 2.65 bits per heavy atom. The third kappa shape index (κ3) is 2.98. The Kier molecular flexibility index (Phi) is 4.06. The normalized spacial score (nSPS) is 9.85. The van der Waals surface area contributed by atoms with Crippen LogP contribution in [-0.4, -0.2) is 5.78 Å². The molecule has 0 unspecified atom stereocenters. The average molecular weight is 330 g/mol. The van der Waals surface area contributed by atoms with Crippen LogP contribution in [0.25, 0.3) is 0 Å². The number of rotatable bonds is 3. The minimum atomic E-state index is -0.0787. The lowest BCUT2D eigenvalue weighted by atomic mass is 10.1. The van der Waals surface area contributed by atoms with Crippen LogP contribution in [-0.2, 0) is 0 Å². The molecule has 0 aliphatic carbocycles. The van der Waals surface area contributed by atoms with E-state index in [1.165, 1.54) is 6.92 Å². The summed E-state index contributed by atoms with van der Waals surface area (Å²) in [6, 6.07) is 12.5. The van der Waals surface area contributed by atoms with Gasteiger partial charge in [-0.05, 0) is 59.3 Å². The van der Waals surface area contributed by atoms with Crippen molar-refractivity contribution in [3.63, 3.8) is 0 Å². The molecule has 0 aliphatic rings. The van der Waals surface area contributed by atoms with E-state index in [0.29, 0.717) is 16.8 Å². The van der Waals surface area contributed by atoms with Gasteiger partial charge < -0.3 is 11.1 Å². The Labute approximate surface area is 125 Å². The third-order valence-electron chi connectivity index (χ3n) is 2.81. The number of carbonyl (C=O) groups is 1. The lowest BCUT2D eigenvalue weighted by Gasteiger charge is -2.11. The summed E-state index contributed by atoms with van der Waals surface area (Å²) >= 11 is 3.40. The van der Waals surface area contributed by atoms with Crippen LogP contribution in [0.3, 0.4) is 0 Å². The second-order valence-corrected chi connectivity index (χ2v) is 5.14. The zero-order chi connectivity index (χ0) is 14.7. The minimum Gasteiger partial charge on any atom is -0.398 e. The Balaban J connectivity index is 2.33. The Bertz CT molecular complexity index is 720. The second-order valence-electron chi connectivity index (χ2n) is 4.29. The lowest BCUT2D eigenvalue weighted by Crippen LogP contribution is -2.01. The first-order chi connectivity index (χ1) is 9.51. The summed E-state index contributed by atoms with van der Waals surface area (Å²) in [5.41, 5.74) is 8.84. The van der Waals surface area contributed by atoms with Gasteiger partial charge in [-0.25, -0.2) is 0 Å². The smallest absolute Gasteiger partial charge is 0.161 e. The van der Waals surface area contributed by atoms with Crippen LogP contribution < -0.4 is 11.1 Å². The van der Waals surface area contributed by atoms with Gasteiger partial charge in [0.1, 0.15) is 0 Å². The van der Waals surface area contributed by atoms with Crippen molar-refractivity contribution in [2.45, 2.75) is 6.92 Å². The maximum Gasteiger partial charge on any atom is 0.161 e. The van der Waals surface area contributed by atoms with Crippen molar-refractivity contribution in [1.82, 2.24) is 0 Å². The first-order valence-electron chi connectivity index (χ1n) is 5.88. The largest absolute Gasteiger partial charge is 0.398 e. The summed E-state index contributed by atoms with van der Waals surface area (Å²) in [7, 11) is 0. The standard InChI is InChI=1S/C15H12BrN3O/c1-9(20)12-7-11(3-4-14(12)18)19-15-5-2-10(8-17)6-13(15)16/h2-7,19H,18H2,1H3. The first-order valence-corrected chi connectivity index (χ1v) is 6.67. The van der Waals surface area contributed by atoms with Gasteiger partial charge in [0, 0.05) is 21.4 Å². The molecule has 5 heteroatoms. The number of nitrogens with zero attached hydrogens (tertiary/aromatic N) is 1. The van der Waals surface area contributed by atoms with Crippen LogP contribution in [0, 0.1) is 11.3 Å². The maximum absolute atomic E-state index is 11.5. The van der Waals surface area contributed by atoms with Crippen molar-refractivity contribution >= 4 is 38.8 Å². The van der Waals surface area contributed by atoms with Crippen molar-refractivity contribution in [1.29, 1.82) is 5.26 Å². The summed E-state index contributed by atoms with van der Waals surface area (Å²) in [6.45, 7) is 1.48. The van der Waals surface area contributed by atoms with Crippen molar-refractivity contribution < 1.29 is 4.79 Å². The highest BCUT2D eigenvalue weighted by molar-refractivity contribution is 9.10. The van der Waals surface area contributed by atoms with Crippen LogP contribution in [0.5, 0.6) is 0 Å². The number of nitrogens with one attached hydrogen (secondary N) is 1. The van der Waals surface area contributed by atoms with E-state index in [4.69, 9.17) is 11.0 Å². The molecule has 20 heavy (non-hydrogen) atoms. The third-order valence-corrected chi connectivity index (χ3v) is 3.47. The summed E-state index contributed by atoms with van der Waals surface area (Å²) in [4.78, 5) is 11.5. The number of Topliss-reactive ketones (excluding diaryl/α,β-unsaturated/α-hetero) is 1. The Hall–Kier alpha value is -2.32. The Morgan fingerprint density at radius 2 is 2.05 bits per heavy atom. The molecule has 0 heterocycles. The van der Waals surface area contributed by atoms with E-state index >= 15 is 0 Å². The molecule has 2 aromatic rings. The molecule has 0 radical (unpaired) electrons. The van der Waals surface area contributed by atoms with E-state index in [1.807, 2.05) is 0 Å². The fourth-order valence-corrected chi connectivity index (χ4v) is 2.26. The topological polar surface area (TPSA) is 78.9 Å². The number of ketones is 1. The molecule has 0 spiro atoms. The predicted molar refractivity (Wildman–Crippen MR) is 83.0 cm³/mol. The number of hydrogen-bond donors (Lipinski definition) is 2. The van der Waals surface area contributed by atoms with Crippen molar-refractivity contribution in [2.75, 3.05) is 11.1 Å². The van der Waals surface area contributed by atoms with Crippen molar-refractivity contribution in [3.8, 4) is 6.07 Å². The van der Waals surface area contributed by atoms with Crippen LogP contribution in [0.2, 0.25) is 0 Å². The molecule has 4 nitrogen and oxygen atoms in total. The molecule has 0 fully saturated rings. The number of hydrogen-bond acceptors (Lipinski definition) is 4. The molecule has 0 amide bonds. The van der Waals surface area contributed by atoms with Gasteiger partial charge in [0.25, 0.3) is 0 Å². The van der Waals surface area contributed by atoms with Crippen molar-refractivity contribution in [2.24, 2.45) is 0 Å². The molecule has 0 aromatic heterocycles. The molecule has 100 valence electrons. The van der Waals surface area contributed by atoms with Gasteiger partial charge in [0.05, 0.1) is 17.3 Å². The fourth-order valence-electron chi connectivity index (χ4n) is 1.78. The van der Waals surface area contributed by atoms with Gasteiger partial charge in [-0.1, -0.05) is 0 Å². The first kappa shape index (κ1) is 14.1. The van der Waals surface area contributed by atoms with E-state index in [9.17, 15) is 4.79 Å². The highest BCUT2D eigenvalue weighted by Crippen LogP contribution is 2.28. The predicted octanol–water partition coefficient (Wildman–Crippen LogP) is 3.85. The number of nitrogen functional groups attached to an aromatic ring is 1. The van der Waals surface area contributed by atoms with E-state index in [0.717, 1.165) is 15.8 Å². The van der Waals surface area contributed by atoms with Crippen LogP contribution in [0.4, 0.5) is 17.1 Å². The molecule has 0 atom stereocenters. The van der Waals surface area contributed by atoms with E-state index in [2.05, 4.69) is 27.3 Å². The molecule has 0 bridgehead atoms. The molecule has 0 aliphatic heterocycles. The number of nitrogens with two attached hydrogens (primary N) is 1. The monoisotopic (exact) mass is 329 g/mol. The zero-order valence-electron chi connectivity index (χ0n) is 10.8. The summed E-state index contributed by atoms with van der Waals surface area (Å²) < 4.78 is 0.776. The average Bonchev–Trinajstić information content (AvgIpc) is 2.42. The van der Waals surface area contributed by atoms with E-state index in [-0.39, 0.29) is 5.78 Å². The molecule has 2 rings (SSSR count). The number of nitriles is 1. The Morgan fingerprint density at radius 1 is 1.30 bits per heavy atom. The quantitative estimate of drug-likeness (QED) is 0.662. The fraction of sp³-hybridized carbons (Fsp3) is 0.0667. The van der Waals surface area contributed by atoms with Crippen LogP contribution >= 0.6 is 15.9 Å². The van der Waals surface area contributed by atoms with Crippen LogP contribution in [0.1, 0.15) is 22.8 Å². The molecule has 3 N–H and O–H groups in total. The highest BCUT2D eigenvalue weighted by atomic mass is 79.9. The number of halogens is 1. The summed E-state index contributed by atoms with van der Waals surface area (Å²) in [5, 5.41) is 12.0. The maximum atomic E-state index is 11.5. The minimum absolute atomic E-state index is 0.0787. The number of benzene rings is 2. The van der Waals surface area contributed by atoms with Gasteiger partial charge in [-0.2, -0.15) is 5.26 Å². The van der Waals surface area contributed by atoms with Gasteiger partial charge in [-0.3, -0.25) is 4.79 Å². The van der Waals surface area contributed by atoms with Crippen molar-refractivity contribution in [3.05, 3.63) is 52.0 Å². The lowest BCUT2D eigenvalue weighted by molar-refractivity contribution is 0.101. The second kappa shape index (κ2) is 5.76. The zero-order valence-corrected chi connectivity index (χ0v) is 12.4. The molecule has 0 saturated heterocycles. The molecular weight excluding hydrogens is 318 g/mol. The number of carbonyl (C=O) groups excluding carboxylic acids is 1.